The highest BCUT2D eigenvalue weighted by atomic mass is 16.1. The third-order valence-electron chi connectivity index (χ3n) is 3.77. The fourth-order valence-corrected chi connectivity index (χ4v) is 2.47. The number of hydrogen-bond donors (Lipinski definition) is 1. The first kappa shape index (κ1) is 15.0. The normalized spacial score (nSPS) is 10.7. The second-order valence-electron chi connectivity index (χ2n) is 5.56. The number of nitrogens with zero attached hydrogens (tertiary/aromatic N) is 2. The van der Waals surface area contributed by atoms with E-state index in [0.29, 0.717) is 18.7 Å². The first-order valence-corrected chi connectivity index (χ1v) is 7.57. The summed E-state index contributed by atoms with van der Waals surface area (Å²) in [4.78, 5) is 12.1. The fourth-order valence-electron chi connectivity index (χ4n) is 2.47. The van der Waals surface area contributed by atoms with Gasteiger partial charge in [-0.2, -0.15) is 5.10 Å². The van der Waals surface area contributed by atoms with Crippen molar-refractivity contribution in [1.82, 2.24) is 15.1 Å². The average Bonchev–Trinajstić information content (AvgIpc) is 2.97. The molecule has 0 fully saturated rings. The van der Waals surface area contributed by atoms with E-state index in [1.54, 1.807) is 6.08 Å². The van der Waals surface area contributed by atoms with Crippen LogP contribution in [0.4, 0.5) is 0 Å². The van der Waals surface area contributed by atoms with Crippen molar-refractivity contribution in [3.8, 4) is 0 Å². The number of amides is 1. The van der Waals surface area contributed by atoms with E-state index < -0.39 is 0 Å². The number of fused-ring (bicyclic) bond motifs is 1. The van der Waals surface area contributed by atoms with Gasteiger partial charge < -0.3 is 5.32 Å². The van der Waals surface area contributed by atoms with Crippen LogP contribution < -0.4 is 5.32 Å². The molecule has 0 aliphatic heterocycles. The molecular weight excluding hydrogens is 286 g/mol. The molecule has 0 aliphatic rings. The van der Waals surface area contributed by atoms with E-state index in [2.05, 4.69) is 48.2 Å². The van der Waals surface area contributed by atoms with Gasteiger partial charge in [0.15, 0.2) is 0 Å². The number of nitrogens with one attached hydrogen (secondary N) is 1. The van der Waals surface area contributed by atoms with E-state index in [4.69, 9.17) is 0 Å². The molecule has 1 N–H and O–H groups in total. The number of carbonyl (C=O) groups excluding carboxylic acids is 1. The van der Waals surface area contributed by atoms with Crippen molar-refractivity contribution in [2.45, 2.75) is 13.5 Å². The average molecular weight is 305 g/mol. The standard InChI is InChI=1S/C19H19N3O/c1-3-10-20-19(23)16-8-9-17-12-21-22(18(17)11-16)13-15-6-4-14(2)5-7-15/h3-9,11-12H,1,10,13H2,2H3,(H,20,23). The lowest BCUT2D eigenvalue weighted by atomic mass is 10.1. The van der Waals surface area contributed by atoms with Crippen LogP contribution in [0.25, 0.3) is 10.9 Å². The van der Waals surface area contributed by atoms with Crippen LogP contribution in [0.2, 0.25) is 0 Å². The fraction of sp³-hybridized carbons (Fsp3) is 0.158. The van der Waals surface area contributed by atoms with Gasteiger partial charge in [-0.05, 0) is 24.6 Å². The maximum Gasteiger partial charge on any atom is 0.251 e. The molecule has 0 radical (unpaired) electrons. The number of benzene rings is 2. The SMILES string of the molecule is C=CCNC(=O)c1ccc2cnn(Cc3ccc(C)cc3)c2c1. The summed E-state index contributed by atoms with van der Waals surface area (Å²) in [6.45, 7) is 6.82. The Morgan fingerprint density at radius 2 is 2.04 bits per heavy atom. The smallest absolute Gasteiger partial charge is 0.251 e. The van der Waals surface area contributed by atoms with Crippen LogP contribution in [0.5, 0.6) is 0 Å². The summed E-state index contributed by atoms with van der Waals surface area (Å²) < 4.78 is 1.92. The third kappa shape index (κ3) is 3.31. The number of rotatable bonds is 5. The van der Waals surface area contributed by atoms with E-state index in [0.717, 1.165) is 10.9 Å². The van der Waals surface area contributed by atoms with Crippen molar-refractivity contribution >= 4 is 16.8 Å². The van der Waals surface area contributed by atoms with Gasteiger partial charge in [-0.3, -0.25) is 9.48 Å². The molecule has 4 heteroatoms. The summed E-state index contributed by atoms with van der Waals surface area (Å²) in [5.41, 5.74) is 4.00. The van der Waals surface area contributed by atoms with E-state index in [1.165, 1.54) is 11.1 Å². The Kier molecular flexibility index (Phi) is 4.24. The van der Waals surface area contributed by atoms with Crippen LogP contribution >= 0.6 is 0 Å². The maximum atomic E-state index is 12.1. The van der Waals surface area contributed by atoms with Crippen LogP contribution in [0.3, 0.4) is 0 Å². The zero-order chi connectivity index (χ0) is 16.2. The van der Waals surface area contributed by atoms with Crippen molar-refractivity contribution in [2.75, 3.05) is 6.54 Å². The molecule has 2 aromatic carbocycles. The van der Waals surface area contributed by atoms with Crippen LogP contribution in [0.1, 0.15) is 21.5 Å². The summed E-state index contributed by atoms with van der Waals surface area (Å²) in [6.07, 6.45) is 3.49. The molecule has 116 valence electrons. The second-order valence-corrected chi connectivity index (χ2v) is 5.56. The molecule has 1 amide bonds. The van der Waals surface area contributed by atoms with E-state index in [9.17, 15) is 4.79 Å². The topological polar surface area (TPSA) is 46.9 Å². The number of aromatic nitrogens is 2. The minimum absolute atomic E-state index is 0.102. The molecule has 1 heterocycles. The van der Waals surface area contributed by atoms with E-state index >= 15 is 0 Å². The van der Waals surface area contributed by atoms with Crippen LogP contribution in [-0.4, -0.2) is 22.2 Å². The van der Waals surface area contributed by atoms with Gasteiger partial charge in [-0.15, -0.1) is 6.58 Å². The molecule has 0 spiro atoms. The lowest BCUT2D eigenvalue weighted by molar-refractivity contribution is 0.0958. The lowest BCUT2D eigenvalue weighted by Gasteiger charge is -2.06. The van der Waals surface area contributed by atoms with Gasteiger partial charge in [0.2, 0.25) is 0 Å². The highest BCUT2D eigenvalue weighted by Gasteiger charge is 2.09. The van der Waals surface area contributed by atoms with Gasteiger partial charge >= 0.3 is 0 Å². The Bertz CT molecular complexity index is 847. The highest BCUT2D eigenvalue weighted by molar-refractivity contribution is 5.97. The summed E-state index contributed by atoms with van der Waals surface area (Å²) in [5.74, 6) is -0.102. The van der Waals surface area contributed by atoms with Crippen LogP contribution in [0, 0.1) is 6.92 Å². The Balaban J connectivity index is 1.90. The van der Waals surface area contributed by atoms with Gasteiger partial charge in [-0.25, -0.2) is 0 Å². The molecule has 3 rings (SSSR count). The monoisotopic (exact) mass is 305 g/mol. The number of hydrogen-bond acceptors (Lipinski definition) is 2. The summed E-state index contributed by atoms with van der Waals surface area (Å²) in [6, 6.07) is 14.0. The van der Waals surface area contributed by atoms with Gasteiger partial charge in [0.25, 0.3) is 5.91 Å². The Hall–Kier alpha value is -2.88. The van der Waals surface area contributed by atoms with Gasteiger partial charge in [0, 0.05) is 17.5 Å². The lowest BCUT2D eigenvalue weighted by Crippen LogP contribution is -2.23. The summed E-state index contributed by atoms with van der Waals surface area (Å²) in [5, 5.41) is 8.26. The molecule has 0 saturated heterocycles. The van der Waals surface area contributed by atoms with Gasteiger partial charge in [-0.1, -0.05) is 42.0 Å². The number of carbonyl (C=O) groups is 1. The van der Waals surface area contributed by atoms with Crippen molar-refractivity contribution in [3.05, 3.63) is 78.0 Å². The van der Waals surface area contributed by atoms with Crippen LogP contribution in [0.15, 0.2) is 61.3 Å². The van der Waals surface area contributed by atoms with Crippen molar-refractivity contribution in [3.63, 3.8) is 0 Å². The first-order valence-electron chi connectivity index (χ1n) is 7.57. The Labute approximate surface area is 135 Å². The molecular formula is C19H19N3O. The highest BCUT2D eigenvalue weighted by Crippen LogP contribution is 2.17. The minimum Gasteiger partial charge on any atom is -0.349 e. The Morgan fingerprint density at radius 1 is 1.26 bits per heavy atom. The molecule has 0 bridgehead atoms. The predicted octanol–water partition coefficient (Wildman–Crippen LogP) is 3.31. The van der Waals surface area contributed by atoms with E-state index in [-0.39, 0.29) is 5.91 Å². The summed E-state index contributed by atoms with van der Waals surface area (Å²) in [7, 11) is 0. The van der Waals surface area contributed by atoms with Crippen LogP contribution in [-0.2, 0) is 6.54 Å². The molecule has 0 atom stereocenters. The quantitative estimate of drug-likeness (QED) is 0.735. The van der Waals surface area contributed by atoms with Crippen molar-refractivity contribution < 1.29 is 4.79 Å². The van der Waals surface area contributed by atoms with Gasteiger partial charge in [0.05, 0.1) is 18.3 Å². The minimum atomic E-state index is -0.102. The largest absolute Gasteiger partial charge is 0.349 e. The summed E-state index contributed by atoms with van der Waals surface area (Å²) >= 11 is 0. The Morgan fingerprint density at radius 3 is 2.78 bits per heavy atom. The number of aryl methyl sites for hydroxylation is 1. The molecule has 0 unspecified atom stereocenters. The molecule has 1 aromatic heterocycles. The van der Waals surface area contributed by atoms with Crippen molar-refractivity contribution in [2.24, 2.45) is 0 Å². The maximum absolute atomic E-state index is 12.1. The van der Waals surface area contributed by atoms with Gasteiger partial charge in [0.1, 0.15) is 0 Å². The zero-order valence-corrected chi connectivity index (χ0v) is 13.1. The predicted molar refractivity (Wildman–Crippen MR) is 92.5 cm³/mol. The molecule has 0 saturated carbocycles. The zero-order valence-electron chi connectivity index (χ0n) is 13.1. The molecule has 4 nitrogen and oxygen atoms in total. The second kappa shape index (κ2) is 6.48. The van der Waals surface area contributed by atoms with E-state index in [1.807, 2.05) is 29.1 Å². The van der Waals surface area contributed by atoms with Crippen molar-refractivity contribution in [1.29, 1.82) is 0 Å². The first-order chi connectivity index (χ1) is 11.2. The molecule has 3 aromatic rings. The molecule has 0 aliphatic carbocycles. The third-order valence-corrected chi connectivity index (χ3v) is 3.77. The molecule has 23 heavy (non-hydrogen) atoms.